The lowest BCUT2D eigenvalue weighted by Gasteiger charge is -2.29. The number of hydrogen-bond donors (Lipinski definition) is 2. The molecule has 0 radical (unpaired) electrons. The highest BCUT2D eigenvalue weighted by molar-refractivity contribution is 6.30. The van der Waals surface area contributed by atoms with E-state index in [9.17, 15) is 9.59 Å². The standard InChI is InChI=1S/C16H23ClN4O2/c1-20(12-16(23)21-9-6-18-7-10-21)8-5-15(22)19-14-4-2-3-13(17)11-14/h2-4,11,18H,5-10,12H2,1H3,(H,19,22). The third-order valence-corrected chi connectivity index (χ3v) is 3.94. The molecule has 1 aliphatic rings. The molecule has 0 aliphatic carbocycles. The predicted molar refractivity (Wildman–Crippen MR) is 91.6 cm³/mol. The molecule has 1 aromatic carbocycles. The van der Waals surface area contributed by atoms with Gasteiger partial charge in [0.1, 0.15) is 0 Å². The van der Waals surface area contributed by atoms with Crippen LogP contribution in [-0.2, 0) is 9.59 Å². The Kier molecular flexibility index (Phi) is 6.83. The molecule has 0 spiro atoms. The quantitative estimate of drug-likeness (QED) is 0.813. The normalized spacial score (nSPS) is 14.8. The summed E-state index contributed by atoms with van der Waals surface area (Å²) >= 11 is 5.88. The van der Waals surface area contributed by atoms with E-state index in [0.717, 1.165) is 26.2 Å². The van der Waals surface area contributed by atoms with Gasteiger partial charge in [-0.1, -0.05) is 17.7 Å². The van der Waals surface area contributed by atoms with Crippen LogP contribution in [0, 0.1) is 0 Å². The zero-order valence-corrected chi connectivity index (χ0v) is 14.1. The Morgan fingerprint density at radius 1 is 1.35 bits per heavy atom. The molecular weight excluding hydrogens is 316 g/mol. The first-order chi connectivity index (χ1) is 11.0. The molecule has 1 aromatic rings. The lowest BCUT2D eigenvalue weighted by Crippen LogP contribution is -2.49. The average molecular weight is 339 g/mol. The van der Waals surface area contributed by atoms with Gasteiger partial charge in [-0.2, -0.15) is 0 Å². The third kappa shape index (κ3) is 6.17. The van der Waals surface area contributed by atoms with Gasteiger partial charge in [-0.05, 0) is 25.2 Å². The zero-order chi connectivity index (χ0) is 16.7. The molecule has 1 aliphatic heterocycles. The monoisotopic (exact) mass is 338 g/mol. The molecular formula is C16H23ClN4O2. The van der Waals surface area contributed by atoms with E-state index in [1.54, 1.807) is 24.3 Å². The Bertz CT molecular complexity index is 547. The van der Waals surface area contributed by atoms with Crippen LogP contribution in [0.15, 0.2) is 24.3 Å². The van der Waals surface area contributed by atoms with E-state index < -0.39 is 0 Å². The molecule has 1 fully saturated rings. The minimum atomic E-state index is -0.0891. The number of rotatable bonds is 6. The van der Waals surface area contributed by atoms with Gasteiger partial charge >= 0.3 is 0 Å². The molecule has 0 unspecified atom stereocenters. The maximum Gasteiger partial charge on any atom is 0.236 e. The van der Waals surface area contributed by atoms with E-state index in [-0.39, 0.29) is 11.8 Å². The van der Waals surface area contributed by atoms with Crippen LogP contribution in [0.3, 0.4) is 0 Å². The number of carbonyl (C=O) groups is 2. The first kappa shape index (κ1) is 17.7. The molecule has 1 heterocycles. The smallest absolute Gasteiger partial charge is 0.236 e. The summed E-state index contributed by atoms with van der Waals surface area (Å²) in [5, 5.41) is 6.61. The number of halogens is 1. The maximum absolute atomic E-state index is 12.1. The summed E-state index contributed by atoms with van der Waals surface area (Å²) in [6.45, 7) is 4.06. The van der Waals surface area contributed by atoms with Crippen molar-refractivity contribution in [1.29, 1.82) is 0 Å². The van der Waals surface area contributed by atoms with Gasteiger partial charge in [-0.3, -0.25) is 14.5 Å². The van der Waals surface area contributed by atoms with E-state index in [0.29, 0.717) is 30.2 Å². The van der Waals surface area contributed by atoms with Crippen LogP contribution in [0.4, 0.5) is 5.69 Å². The summed E-state index contributed by atoms with van der Waals surface area (Å²) in [4.78, 5) is 27.8. The Morgan fingerprint density at radius 3 is 2.78 bits per heavy atom. The highest BCUT2D eigenvalue weighted by Gasteiger charge is 2.17. The number of amides is 2. The molecule has 0 bridgehead atoms. The topological polar surface area (TPSA) is 64.7 Å². The molecule has 6 nitrogen and oxygen atoms in total. The highest BCUT2D eigenvalue weighted by Crippen LogP contribution is 2.14. The first-order valence-electron chi connectivity index (χ1n) is 7.77. The fourth-order valence-electron chi connectivity index (χ4n) is 2.41. The fraction of sp³-hybridized carbons (Fsp3) is 0.500. The summed E-state index contributed by atoms with van der Waals surface area (Å²) in [6, 6.07) is 7.04. The number of anilines is 1. The fourth-order valence-corrected chi connectivity index (χ4v) is 2.60. The zero-order valence-electron chi connectivity index (χ0n) is 13.3. The molecule has 23 heavy (non-hydrogen) atoms. The van der Waals surface area contributed by atoms with Crippen LogP contribution in [0.1, 0.15) is 6.42 Å². The molecule has 0 aromatic heterocycles. The van der Waals surface area contributed by atoms with Crippen LogP contribution in [0.25, 0.3) is 0 Å². The first-order valence-corrected chi connectivity index (χ1v) is 8.15. The molecule has 0 saturated carbocycles. The van der Waals surface area contributed by atoms with E-state index in [4.69, 9.17) is 11.6 Å². The minimum Gasteiger partial charge on any atom is -0.339 e. The Labute approximate surface area is 141 Å². The van der Waals surface area contributed by atoms with Crippen LogP contribution in [0.5, 0.6) is 0 Å². The van der Waals surface area contributed by atoms with Gasteiger partial charge in [-0.15, -0.1) is 0 Å². The molecule has 2 rings (SSSR count). The summed E-state index contributed by atoms with van der Waals surface area (Å²) in [7, 11) is 1.85. The van der Waals surface area contributed by atoms with Crippen molar-refractivity contribution in [2.24, 2.45) is 0 Å². The number of nitrogens with one attached hydrogen (secondary N) is 2. The summed E-state index contributed by atoms with van der Waals surface area (Å²) in [6.07, 6.45) is 0.331. The lowest BCUT2D eigenvalue weighted by molar-refractivity contribution is -0.133. The van der Waals surface area contributed by atoms with Crippen molar-refractivity contribution in [3.8, 4) is 0 Å². The second kappa shape index (κ2) is 8.86. The summed E-state index contributed by atoms with van der Waals surface area (Å²) in [5.74, 6) is 0.0259. The van der Waals surface area contributed by atoms with E-state index in [1.165, 1.54) is 0 Å². The van der Waals surface area contributed by atoms with Crippen LogP contribution in [-0.4, -0.2) is 67.9 Å². The summed E-state index contributed by atoms with van der Waals surface area (Å²) < 4.78 is 0. The molecule has 1 saturated heterocycles. The van der Waals surface area contributed by atoms with E-state index in [2.05, 4.69) is 10.6 Å². The second-order valence-electron chi connectivity index (χ2n) is 5.68. The van der Waals surface area contributed by atoms with Crippen molar-refractivity contribution < 1.29 is 9.59 Å². The number of carbonyl (C=O) groups excluding carboxylic acids is 2. The van der Waals surface area contributed by atoms with Crippen molar-refractivity contribution in [3.05, 3.63) is 29.3 Å². The number of piperazine rings is 1. The summed E-state index contributed by atoms with van der Waals surface area (Å²) in [5.41, 5.74) is 0.682. The van der Waals surface area contributed by atoms with Gasteiger partial charge in [0.05, 0.1) is 6.54 Å². The largest absolute Gasteiger partial charge is 0.339 e. The molecule has 7 heteroatoms. The van der Waals surface area contributed by atoms with Crippen molar-refractivity contribution >= 4 is 29.1 Å². The van der Waals surface area contributed by atoms with Gasteiger partial charge in [0.25, 0.3) is 0 Å². The Morgan fingerprint density at radius 2 is 2.09 bits per heavy atom. The van der Waals surface area contributed by atoms with E-state index >= 15 is 0 Å². The van der Waals surface area contributed by atoms with Gasteiger partial charge in [0.15, 0.2) is 0 Å². The van der Waals surface area contributed by atoms with Crippen LogP contribution in [0.2, 0.25) is 5.02 Å². The minimum absolute atomic E-state index is 0.0891. The van der Waals surface area contributed by atoms with Crippen LogP contribution >= 0.6 is 11.6 Å². The molecule has 2 amide bonds. The number of likely N-dealkylation sites (N-methyl/N-ethyl adjacent to an activating group) is 1. The van der Waals surface area contributed by atoms with Gasteiger partial charge < -0.3 is 15.5 Å². The molecule has 126 valence electrons. The third-order valence-electron chi connectivity index (χ3n) is 3.70. The number of hydrogen-bond acceptors (Lipinski definition) is 4. The van der Waals surface area contributed by atoms with E-state index in [1.807, 2.05) is 16.8 Å². The predicted octanol–water partition coefficient (Wildman–Crippen LogP) is 1.03. The Hall–Kier alpha value is -1.63. The van der Waals surface area contributed by atoms with Gasteiger partial charge in [-0.25, -0.2) is 0 Å². The lowest BCUT2D eigenvalue weighted by atomic mass is 10.3. The molecule has 2 N–H and O–H groups in total. The second-order valence-corrected chi connectivity index (χ2v) is 6.11. The van der Waals surface area contributed by atoms with Crippen molar-refractivity contribution in [2.75, 3.05) is 51.6 Å². The highest BCUT2D eigenvalue weighted by atomic mass is 35.5. The number of benzene rings is 1. The average Bonchev–Trinajstić information content (AvgIpc) is 2.54. The maximum atomic E-state index is 12.1. The SMILES string of the molecule is CN(CCC(=O)Nc1cccc(Cl)c1)CC(=O)N1CCNCC1. The van der Waals surface area contributed by atoms with Crippen LogP contribution < -0.4 is 10.6 Å². The van der Waals surface area contributed by atoms with Gasteiger partial charge in [0, 0.05) is 49.9 Å². The van der Waals surface area contributed by atoms with Gasteiger partial charge in [0.2, 0.25) is 11.8 Å². The Balaban J connectivity index is 1.69. The van der Waals surface area contributed by atoms with Crippen molar-refractivity contribution in [1.82, 2.24) is 15.1 Å². The molecule has 0 atom stereocenters. The number of nitrogens with zero attached hydrogens (tertiary/aromatic N) is 2. The van der Waals surface area contributed by atoms with Crippen molar-refractivity contribution in [3.63, 3.8) is 0 Å². The van der Waals surface area contributed by atoms with Crippen molar-refractivity contribution in [2.45, 2.75) is 6.42 Å².